The van der Waals surface area contributed by atoms with Crippen molar-refractivity contribution in [1.29, 1.82) is 0 Å². The molecule has 0 fully saturated rings. The van der Waals surface area contributed by atoms with Crippen molar-refractivity contribution in [3.8, 4) is 0 Å². The van der Waals surface area contributed by atoms with Crippen LogP contribution < -0.4 is 10.3 Å². The molecule has 1 heterocycles. The van der Waals surface area contributed by atoms with Crippen LogP contribution in [-0.4, -0.2) is 31.0 Å². The Bertz CT molecular complexity index is 498. The zero-order chi connectivity index (χ0) is 11.5. The summed E-state index contributed by atoms with van der Waals surface area (Å²) in [4.78, 5) is 22.8. The second-order valence-electron chi connectivity index (χ2n) is 2.61. The number of hydrogen-bond acceptors (Lipinski definition) is 4. The summed E-state index contributed by atoms with van der Waals surface area (Å²) in [6.45, 7) is -0.707. The number of aliphatic carboxylic acids is 1. The molecule has 0 atom stereocenters. The molecule has 0 saturated heterocycles. The standard InChI is InChI=1S/C7H8N2O5S/c10-6-2-1-5(3-8-6)15(13,14)9-4-7(11)12/h1-3,9H,4H2,(H,8,10)(H,11,12). The van der Waals surface area contributed by atoms with Crippen LogP contribution >= 0.6 is 0 Å². The van der Waals surface area contributed by atoms with Gasteiger partial charge in [-0.1, -0.05) is 0 Å². The van der Waals surface area contributed by atoms with Crippen LogP contribution in [0.2, 0.25) is 0 Å². The second kappa shape index (κ2) is 4.24. The Hall–Kier alpha value is -1.67. The maximum absolute atomic E-state index is 11.4. The molecule has 0 unspecified atom stereocenters. The summed E-state index contributed by atoms with van der Waals surface area (Å²) < 4.78 is 24.5. The van der Waals surface area contributed by atoms with Crippen molar-refractivity contribution < 1.29 is 18.3 Å². The second-order valence-corrected chi connectivity index (χ2v) is 4.37. The first kappa shape index (κ1) is 11.4. The van der Waals surface area contributed by atoms with Crippen molar-refractivity contribution in [2.24, 2.45) is 0 Å². The summed E-state index contributed by atoms with van der Waals surface area (Å²) in [6, 6.07) is 2.12. The molecular formula is C7H8N2O5S. The molecule has 1 aromatic rings. The van der Waals surface area contributed by atoms with Gasteiger partial charge in [0, 0.05) is 12.3 Å². The molecule has 0 spiro atoms. The summed E-state index contributed by atoms with van der Waals surface area (Å²) >= 11 is 0. The lowest BCUT2D eigenvalue weighted by molar-refractivity contribution is -0.135. The van der Waals surface area contributed by atoms with Gasteiger partial charge in [0.2, 0.25) is 15.6 Å². The van der Waals surface area contributed by atoms with Crippen molar-refractivity contribution in [2.75, 3.05) is 6.54 Å². The Kier molecular flexibility index (Phi) is 3.22. The molecule has 0 aliphatic carbocycles. The Morgan fingerprint density at radius 3 is 2.60 bits per heavy atom. The van der Waals surface area contributed by atoms with Gasteiger partial charge in [0.15, 0.2) is 0 Å². The van der Waals surface area contributed by atoms with Crippen molar-refractivity contribution >= 4 is 16.0 Å². The summed E-state index contributed by atoms with van der Waals surface area (Å²) in [6.07, 6.45) is 0.993. The van der Waals surface area contributed by atoms with E-state index in [9.17, 15) is 18.0 Å². The monoisotopic (exact) mass is 232 g/mol. The van der Waals surface area contributed by atoms with Gasteiger partial charge in [-0.25, -0.2) is 8.42 Å². The molecule has 3 N–H and O–H groups in total. The molecule has 0 saturated carbocycles. The lowest BCUT2D eigenvalue weighted by atomic mass is 10.5. The largest absolute Gasteiger partial charge is 0.480 e. The van der Waals surface area contributed by atoms with E-state index in [1.54, 1.807) is 0 Å². The molecule has 0 radical (unpaired) electrons. The Balaban J connectivity index is 2.91. The minimum atomic E-state index is -3.87. The van der Waals surface area contributed by atoms with Gasteiger partial charge in [0.25, 0.3) is 0 Å². The highest BCUT2D eigenvalue weighted by Crippen LogP contribution is 2.02. The van der Waals surface area contributed by atoms with Crippen molar-refractivity contribution in [3.05, 3.63) is 28.7 Å². The zero-order valence-corrected chi connectivity index (χ0v) is 8.24. The Morgan fingerprint density at radius 2 is 2.13 bits per heavy atom. The number of nitrogens with one attached hydrogen (secondary N) is 2. The van der Waals surface area contributed by atoms with E-state index in [1.165, 1.54) is 0 Å². The smallest absolute Gasteiger partial charge is 0.318 e. The topological polar surface area (TPSA) is 116 Å². The molecule has 82 valence electrons. The van der Waals surface area contributed by atoms with Gasteiger partial charge in [0.05, 0.1) is 4.90 Å². The third-order valence-electron chi connectivity index (χ3n) is 1.48. The van der Waals surface area contributed by atoms with Gasteiger partial charge in [0.1, 0.15) is 6.54 Å². The quantitative estimate of drug-likeness (QED) is 0.599. The van der Waals surface area contributed by atoms with Crippen LogP contribution in [0.3, 0.4) is 0 Å². The van der Waals surface area contributed by atoms with Crippen LogP contribution in [0.1, 0.15) is 0 Å². The predicted octanol–water partition coefficient (Wildman–Crippen LogP) is -1.26. The molecule has 8 heteroatoms. The predicted molar refractivity (Wildman–Crippen MR) is 49.9 cm³/mol. The van der Waals surface area contributed by atoms with Gasteiger partial charge in [-0.2, -0.15) is 4.72 Å². The van der Waals surface area contributed by atoms with Gasteiger partial charge in [-0.05, 0) is 6.07 Å². The fourth-order valence-corrected chi connectivity index (χ4v) is 1.74. The number of carboxylic acids is 1. The average Bonchev–Trinajstić information content (AvgIpc) is 2.16. The van der Waals surface area contributed by atoms with Crippen LogP contribution in [0, 0.1) is 0 Å². The van der Waals surface area contributed by atoms with E-state index in [0.717, 1.165) is 18.3 Å². The Morgan fingerprint density at radius 1 is 1.47 bits per heavy atom. The molecular weight excluding hydrogens is 224 g/mol. The fourth-order valence-electron chi connectivity index (χ4n) is 0.804. The first-order chi connectivity index (χ1) is 6.92. The summed E-state index contributed by atoms with van der Waals surface area (Å²) in [5, 5.41) is 8.28. The Labute approximate surface area is 84.8 Å². The normalized spacial score (nSPS) is 11.2. The van der Waals surface area contributed by atoms with Gasteiger partial charge in [-0.15, -0.1) is 0 Å². The lowest BCUT2D eigenvalue weighted by Gasteiger charge is -2.02. The van der Waals surface area contributed by atoms with Crippen LogP contribution in [0.5, 0.6) is 0 Å². The highest BCUT2D eigenvalue weighted by Gasteiger charge is 2.14. The molecule has 7 nitrogen and oxygen atoms in total. The number of sulfonamides is 1. The van der Waals surface area contributed by atoms with Crippen LogP contribution in [0.25, 0.3) is 0 Å². The highest BCUT2D eigenvalue weighted by molar-refractivity contribution is 7.89. The molecule has 0 aromatic carbocycles. The maximum atomic E-state index is 11.4. The van der Waals surface area contributed by atoms with Crippen LogP contribution in [-0.2, 0) is 14.8 Å². The zero-order valence-electron chi connectivity index (χ0n) is 7.43. The minimum absolute atomic E-state index is 0.191. The molecule has 1 aromatic heterocycles. The number of carboxylic acid groups (broad SMARTS) is 1. The molecule has 1 rings (SSSR count). The van der Waals surface area contributed by atoms with Gasteiger partial charge < -0.3 is 10.1 Å². The summed E-state index contributed by atoms with van der Waals surface area (Å²) in [5.74, 6) is -1.29. The first-order valence-electron chi connectivity index (χ1n) is 3.82. The number of rotatable bonds is 4. The molecule has 0 bridgehead atoms. The number of H-pyrrole nitrogens is 1. The molecule has 15 heavy (non-hydrogen) atoms. The summed E-state index contributed by atoms with van der Waals surface area (Å²) in [7, 11) is -3.87. The van der Waals surface area contributed by atoms with Crippen LogP contribution in [0.4, 0.5) is 0 Å². The SMILES string of the molecule is O=C(O)CNS(=O)(=O)c1ccc(=O)[nH]c1. The fraction of sp³-hybridized carbons (Fsp3) is 0.143. The lowest BCUT2D eigenvalue weighted by Crippen LogP contribution is -2.29. The van der Waals surface area contributed by atoms with Gasteiger partial charge >= 0.3 is 5.97 Å². The van der Waals surface area contributed by atoms with E-state index in [2.05, 4.69) is 4.98 Å². The molecule has 0 aliphatic rings. The number of carbonyl (C=O) groups is 1. The van der Waals surface area contributed by atoms with Crippen LogP contribution in [0.15, 0.2) is 28.0 Å². The van der Waals surface area contributed by atoms with E-state index in [1.807, 2.05) is 4.72 Å². The molecule has 0 amide bonds. The van der Waals surface area contributed by atoms with Crippen molar-refractivity contribution in [2.45, 2.75) is 4.90 Å². The highest BCUT2D eigenvalue weighted by atomic mass is 32.2. The number of aromatic nitrogens is 1. The number of pyridine rings is 1. The third kappa shape index (κ3) is 3.18. The van der Waals surface area contributed by atoms with E-state index in [0.29, 0.717) is 0 Å². The van der Waals surface area contributed by atoms with E-state index < -0.39 is 28.1 Å². The van der Waals surface area contributed by atoms with Crippen molar-refractivity contribution in [1.82, 2.24) is 9.71 Å². The average molecular weight is 232 g/mol. The van der Waals surface area contributed by atoms with Gasteiger partial charge in [-0.3, -0.25) is 9.59 Å². The first-order valence-corrected chi connectivity index (χ1v) is 5.30. The maximum Gasteiger partial charge on any atom is 0.318 e. The third-order valence-corrected chi connectivity index (χ3v) is 2.88. The van der Waals surface area contributed by atoms with E-state index >= 15 is 0 Å². The van der Waals surface area contributed by atoms with Crippen molar-refractivity contribution in [3.63, 3.8) is 0 Å². The van der Waals surface area contributed by atoms with E-state index in [4.69, 9.17) is 5.11 Å². The number of hydrogen-bond donors (Lipinski definition) is 3. The van der Waals surface area contributed by atoms with E-state index in [-0.39, 0.29) is 4.90 Å². The number of aromatic amines is 1. The summed E-state index contributed by atoms with van der Waals surface area (Å²) in [5.41, 5.74) is -0.438. The molecule has 0 aliphatic heterocycles. The minimum Gasteiger partial charge on any atom is -0.480 e.